The molecule has 4 aromatic rings. The Labute approximate surface area is 426 Å². The highest BCUT2D eigenvalue weighted by Crippen LogP contribution is 2.22. The molecule has 0 spiro atoms. The molecule has 396 valence electrons. The lowest BCUT2D eigenvalue weighted by Crippen LogP contribution is -2.61. The van der Waals surface area contributed by atoms with Gasteiger partial charge < -0.3 is 68.7 Å². The topological polar surface area (TPSA) is 395 Å². The number of nitrogens with two attached hydrogens (primary N) is 2. The largest absolute Gasteiger partial charge is 0.508 e. The number of benzene rings is 2. The van der Waals surface area contributed by atoms with Crippen molar-refractivity contribution in [3.63, 3.8) is 0 Å². The van der Waals surface area contributed by atoms with Crippen molar-refractivity contribution in [1.82, 2.24) is 62.1 Å². The predicted octanol–water partition coefficient (Wildman–Crippen LogP) is -1.29. The van der Waals surface area contributed by atoms with Crippen LogP contribution in [0.2, 0.25) is 0 Å². The molecule has 0 saturated carbocycles. The first-order valence-corrected chi connectivity index (χ1v) is 24.2. The van der Waals surface area contributed by atoms with Crippen molar-refractivity contribution < 1.29 is 48.3 Å². The van der Waals surface area contributed by atoms with Gasteiger partial charge >= 0.3 is 0 Å². The number of likely N-dealkylation sites (tertiary alicyclic amines) is 1. The number of hydrogen-bond donors (Lipinski definition) is 13. The van der Waals surface area contributed by atoms with Gasteiger partial charge in [0.1, 0.15) is 54.3 Å². The van der Waals surface area contributed by atoms with Gasteiger partial charge in [-0.3, -0.25) is 48.6 Å². The van der Waals surface area contributed by atoms with E-state index in [-0.39, 0.29) is 68.9 Å². The minimum atomic E-state index is -1.32. The number of guanidine groups is 1. The summed E-state index contributed by atoms with van der Waals surface area (Å²) in [5, 5.41) is 36.3. The van der Waals surface area contributed by atoms with Gasteiger partial charge in [-0.1, -0.05) is 44.5 Å². The minimum absolute atomic E-state index is 0.0261. The van der Waals surface area contributed by atoms with Gasteiger partial charge in [0, 0.05) is 55.9 Å². The molecule has 2 aromatic carbocycles. The van der Waals surface area contributed by atoms with Gasteiger partial charge in [-0.15, -0.1) is 0 Å². The second kappa shape index (κ2) is 27.3. The van der Waals surface area contributed by atoms with Crippen molar-refractivity contribution in [1.29, 1.82) is 5.41 Å². The Morgan fingerprint density at radius 2 is 1.39 bits per heavy atom. The minimum Gasteiger partial charge on any atom is -0.508 e. The van der Waals surface area contributed by atoms with E-state index in [1.807, 2.05) is 0 Å². The van der Waals surface area contributed by atoms with Crippen LogP contribution in [0.15, 0.2) is 73.6 Å². The smallest absolute Gasteiger partial charge is 0.251 e. The molecule has 8 amide bonds. The van der Waals surface area contributed by atoms with E-state index in [2.05, 4.69) is 57.2 Å². The Hall–Kier alpha value is -8.64. The number of aldehydes is 1. The summed E-state index contributed by atoms with van der Waals surface area (Å²) in [7, 11) is 0. The Bertz CT molecular complexity index is 2580. The summed E-state index contributed by atoms with van der Waals surface area (Å²) >= 11 is 0. The average molecular weight is 1020 g/mol. The van der Waals surface area contributed by atoms with Crippen LogP contribution >= 0.6 is 0 Å². The Morgan fingerprint density at radius 1 is 0.770 bits per heavy atom. The van der Waals surface area contributed by atoms with Gasteiger partial charge in [-0.05, 0) is 68.4 Å². The molecule has 1 saturated heterocycles. The third kappa shape index (κ3) is 16.5. The lowest BCUT2D eigenvalue weighted by molar-refractivity contribution is -0.142. The van der Waals surface area contributed by atoms with E-state index in [9.17, 15) is 48.3 Å². The molecule has 2 aromatic heterocycles. The highest BCUT2D eigenvalue weighted by atomic mass is 16.3. The Balaban J connectivity index is 1.32. The Morgan fingerprint density at radius 3 is 1.97 bits per heavy atom. The van der Waals surface area contributed by atoms with Crippen LogP contribution in [-0.4, -0.2) is 145 Å². The van der Waals surface area contributed by atoms with E-state index in [0.717, 1.165) is 0 Å². The summed E-state index contributed by atoms with van der Waals surface area (Å²) < 4.78 is 0. The first kappa shape index (κ1) is 56.3. The van der Waals surface area contributed by atoms with Crippen LogP contribution in [-0.2, 0) is 52.8 Å². The number of primary amides is 1. The zero-order chi connectivity index (χ0) is 53.9. The molecule has 3 heterocycles. The molecule has 0 bridgehead atoms. The zero-order valence-corrected chi connectivity index (χ0v) is 41.3. The normalized spacial score (nSPS) is 15.9. The van der Waals surface area contributed by atoms with E-state index in [1.165, 1.54) is 67.1 Å². The molecule has 0 unspecified atom stereocenters. The van der Waals surface area contributed by atoms with Crippen LogP contribution in [0.4, 0.5) is 0 Å². The van der Waals surface area contributed by atoms with E-state index < -0.39 is 95.5 Å². The first-order chi connectivity index (χ1) is 35.4. The third-order valence-corrected chi connectivity index (χ3v) is 12.5. The summed E-state index contributed by atoms with van der Waals surface area (Å²) in [6.45, 7) is 5.18. The number of amides is 8. The van der Waals surface area contributed by atoms with Crippen molar-refractivity contribution in [3.05, 3.63) is 102 Å². The van der Waals surface area contributed by atoms with Gasteiger partial charge in [0.15, 0.2) is 5.96 Å². The van der Waals surface area contributed by atoms with Gasteiger partial charge in [0.2, 0.25) is 41.4 Å². The molecule has 1 aliphatic rings. The van der Waals surface area contributed by atoms with E-state index in [1.54, 1.807) is 32.2 Å². The molecule has 5 rings (SSSR count). The van der Waals surface area contributed by atoms with Gasteiger partial charge in [0.25, 0.3) is 5.91 Å². The quantitative estimate of drug-likeness (QED) is 0.0143. The van der Waals surface area contributed by atoms with Crippen LogP contribution in [0, 0.1) is 11.3 Å². The second-order valence-electron chi connectivity index (χ2n) is 18.0. The van der Waals surface area contributed by atoms with Crippen LogP contribution in [0.3, 0.4) is 0 Å². The van der Waals surface area contributed by atoms with Crippen LogP contribution < -0.4 is 48.7 Å². The molecular weight excluding hydrogens is 959 g/mol. The standard InChI is InChI=1S/C49H65N15O10/c1-4-27(2)40(63-42(68)28(3)58-45(71)37(21-33-23-54-26-57-33)61-43(69)31-13-9-30(24-65)10-14-31)47(73)62-38(19-29-11-15-34(66)16-12-29)48(74)64-18-6-8-39(64)46(72)59-35(7-5-17-55-49(51)52)44(70)60-36(41(50)67)20-32-22-53-25-56-32/h9-16,22-28,35-40,66H,4-8,17-21H2,1-3H3,(H2,50,67)(H,53,56)(H,54,57)(H,58,71)(H,59,72)(H,60,70)(H,61,69)(H,62,73)(H,63,68)(H4,51,52,55)/t27-,28-,35-,36-,37-,38-,39-,40-/m0/s1. The number of carbonyl (C=O) groups excluding carboxylic acids is 9. The number of phenolic OH excluding ortho intramolecular Hbond substituents is 1. The molecule has 1 aliphatic heterocycles. The summed E-state index contributed by atoms with van der Waals surface area (Å²) in [4.78, 5) is 137. The zero-order valence-electron chi connectivity index (χ0n) is 41.3. The summed E-state index contributed by atoms with van der Waals surface area (Å²) in [6.07, 6.45) is 7.54. The lowest BCUT2D eigenvalue weighted by atomic mass is 9.96. The summed E-state index contributed by atoms with van der Waals surface area (Å²) in [6, 6.07) is 3.14. The highest BCUT2D eigenvalue weighted by Gasteiger charge is 2.40. The van der Waals surface area contributed by atoms with Gasteiger partial charge in [0.05, 0.1) is 24.0 Å². The number of aromatic nitrogens is 4. The molecule has 15 N–H and O–H groups in total. The number of aromatic amines is 2. The molecule has 1 fully saturated rings. The average Bonchev–Trinajstić information content (AvgIpc) is 4.21. The van der Waals surface area contributed by atoms with E-state index in [0.29, 0.717) is 41.6 Å². The van der Waals surface area contributed by atoms with E-state index >= 15 is 0 Å². The number of carbonyl (C=O) groups is 9. The number of phenols is 1. The highest BCUT2D eigenvalue weighted by molar-refractivity contribution is 6.00. The number of nitrogens with one attached hydrogen (secondary N) is 10. The fourth-order valence-electron chi connectivity index (χ4n) is 8.14. The number of nitrogens with zero attached hydrogens (tertiary/aromatic N) is 3. The van der Waals surface area contributed by atoms with Crippen molar-refractivity contribution in [3.8, 4) is 5.75 Å². The maximum atomic E-state index is 14.7. The lowest BCUT2D eigenvalue weighted by Gasteiger charge is -2.32. The number of rotatable bonds is 27. The molecule has 25 nitrogen and oxygen atoms in total. The molecule has 8 atom stereocenters. The second-order valence-corrected chi connectivity index (χ2v) is 18.0. The maximum absolute atomic E-state index is 14.7. The molecule has 74 heavy (non-hydrogen) atoms. The summed E-state index contributed by atoms with van der Waals surface area (Å²) in [5.74, 6) is -6.65. The predicted molar refractivity (Wildman–Crippen MR) is 267 cm³/mol. The van der Waals surface area contributed by atoms with E-state index in [4.69, 9.17) is 16.9 Å². The van der Waals surface area contributed by atoms with Gasteiger partial charge in [-0.25, -0.2) is 9.97 Å². The fraction of sp³-hybridized carbons (Fsp3) is 0.429. The fourth-order valence-corrected chi connectivity index (χ4v) is 8.14. The Kier molecular flexibility index (Phi) is 20.7. The van der Waals surface area contributed by atoms with Crippen LogP contribution in [0.25, 0.3) is 0 Å². The number of imidazole rings is 2. The van der Waals surface area contributed by atoms with Crippen molar-refractivity contribution in [2.24, 2.45) is 17.4 Å². The molecule has 0 aliphatic carbocycles. The van der Waals surface area contributed by atoms with Crippen molar-refractivity contribution in [2.75, 3.05) is 13.1 Å². The van der Waals surface area contributed by atoms with Crippen LogP contribution in [0.5, 0.6) is 5.75 Å². The SMILES string of the molecule is CC[C@H](C)[C@H](NC(=O)[C@H](C)NC(=O)[C@H](Cc1c[nH]cn1)NC(=O)c1ccc(C=O)cc1)C(=O)N[C@@H](Cc1ccc(O)cc1)C(=O)N1CCC[C@H]1C(=O)N[C@@H](CCCNC(=N)N)C(=O)N[C@@H](Cc1c[nH]cn1)C(N)=O. The number of aromatic hydroxyl groups is 1. The van der Waals surface area contributed by atoms with Crippen LogP contribution in [0.1, 0.15) is 90.5 Å². The first-order valence-electron chi connectivity index (χ1n) is 24.2. The number of hydrogen-bond acceptors (Lipinski definition) is 13. The van der Waals surface area contributed by atoms with Crippen molar-refractivity contribution >= 4 is 59.5 Å². The summed E-state index contributed by atoms with van der Waals surface area (Å²) in [5.41, 5.74) is 13.0. The molecule has 25 heteroatoms. The number of H-pyrrole nitrogens is 2. The molecular formula is C49H65N15O10. The monoisotopic (exact) mass is 1020 g/mol. The maximum Gasteiger partial charge on any atom is 0.251 e. The molecule has 0 radical (unpaired) electrons. The van der Waals surface area contributed by atoms with Crippen molar-refractivity contribution in [2.45, 2.75) is 114 Å². The third-order valence-electron chi connectivity index (χ3n) is 12.5. The van der Waals surface area contributed by atoms with Gasteiger partial charge in [-0.2, -0.15) is 0 Å².